The summed E-state index contributed by atoms with van der Waals surface area (Å²) in [5.74, 6) is -1.08. The standard InChI is InChI=1S/C11H11N.C2H4O2/c12-8-10-6-3-5-9-4-1-2-7-11(9)10;1-2(3)4/h1-7H,8,12H2;1H3,(H,3,4). The fraction of sp³-hybridized carbons (Fsp3) is 0.154. The number of rotatable bonds is 1. The minimum absolute atomic E-state index is 0.862. The van der Waals surface area contributed by atoms with Crippen LogP contribution in [0, 0.1) is 0 Å². The highest BCUT2D eigenvalue weighted by Gasteiger charge is 1.97. The van der Waals surface area contributed by atoms with Crippen LogP contribution in [0.5, 0.6) is 0 Å². The average Bonchev–Trinajstić information content (AvgIpc) is 2.27. The van der Waals surface area contributed by atoms with Crippen LogP contribution in [0.3, 0.4) is 0 Å². The minimum Gasteiger partial charge on any atom is -0.550 e. The Labute approximate surface area is 94.5 Å². The van der Waals surface area contributed by atoms with Gasteiger partial charge in [0.25, 0.3) is 0 Å². The molecule has 0 amide bonds. The molecule has 3 N–H and O–H groups in total. The summed E-state index contributed by atoms with van der Waals surface area (Å²) in [5, 5.41) is 11.5. The molecule has 0 aliphatic rings. The molecule has 0 aromatic heterocycles. The molecular weight excluding hydrogens is 202 g/mol. The SMILES string of the molecule is CC(=O)[O-].[NH3+]Cc1cccc2ccccc12. The second kappa shape index (κ2) is 5.88. The van der Waals surface area contributed by atoms with Crippen LogP contribution in [0.25, 0.3) is 10.8 Å². The lowest BCUT2D eigenvalue weighted by Gasteiger charge is -2.00. The van der Waals surface area contributed by atoms with Crippen molar-refractivity contribution >= 4 is 16.7 Å². The maximum atomic E-state index is 8.89. The minimum atomic E-state index is -1.08. The fourth-order valence-electron chi connectivity index (χ4n) is 1.51. The van der Waals surface area contributed by atoms with Gasteiger partial charge >= 0.3 is 0 Å². The normalized spacial score (nSPS) is 9.38. The van der Waals surface area contributed by atoms with Crippen LogP contribution in [0.15, 0.2) is 42.5 Å². The van der Waals surface area contributed by atoms with E-state index in [9.17, 15) is 0 Å². The third-order valence-corrected chi connectivity index (χ3v) is 2.15. The summed E-state index contributed by atoms with van der Waals surface area (Å²) >= 11 is 0. The van der Waals surface area contributed by atoms with E-state index in [0.717, 1.165) is 13.5 Å². The first-order chi connectivity index (χ1) is 7.65. The summed E-state index contributed by atoms with van der Waals surface area (Å²) in [6.45, 7) is 1.83. The smallest absolute Gasteiger partial charge is 0.100 e. The second-order valence-corrected chi connectivity index (χ2v) is 3.38. The van der Waals surface area contributed by atoms with Gasteiger partial charge in [0.2, 0.25) is 0 Å². The highest BCUT2D eigenvalue weighted by Crippen LogP contribution is 2.16. The van der Waals surface area contributed by atoms with Crippen molar-refractivity contribution in [2.75, 3.05) is 0 Å². The number of fused-ring (bicyclic) bond motifs is 1. The number of hydrogen-bond donors (Lipinski definition) is 1. The molecule has 0 atom stereocenters. The van der Waals surface area contributed by atoms with E-state index >= 15 is 0 Å². The quantitative estimate of drug-likeness (QED) is 0.748. The number of carbonyl (C=O) groups excluding carboxylic acids is 1. The van der Waals surface area contributed by atoms with Crippen molar-refractivity contribution < 1.29 is 15.6 Å². The molecule has 0 bridgehead atoms. The number of aliphatic carboxylic acids is 1. The molecule has 0 heterocycles. The first-order valence-corrected chi connectivity index (χ1v) is 5.08. The van der Waals surface area contributed by atoms with E-state index in [2.05, 4.69) is 48.2 Å². The van der Waals surface area contributed by atoms with Gasteiger partial charge in [-0.05, 0) is 17.7 Å². The number of quaternary nitrogens is 1. The molecule has 3 nitrogen and oxygen atoms in total. The highest BCUT2D eigenvalue weighted by atomic mass is 16.4. The monoisotopic (exact) mass is 217 g/mol. The number of carboxylic acids is 1. The van der Waals surface area contributed by atoms with Gasteiger partial charge in [-0.1, -0.05) is 42.5 Å². The zero-order valence-electron chi connectivity index (χ0n) is 9.27. The first-order valence-electron chi connectivity index (χ1n) is 5.08. The summed E-state index contributed by atoms with van der Waals surface area (Å²) in [6, 6.07) is 14.8. The predicted octanol–water partition coefficient (Wildman–Crippen LogP) is 0.338. The molecule has 0 unspecified atom stereocenters. The fourth-order valence-corrected chi connectivity index (χ4v) is 1.51. The van der Waals surface area contributed by atoms with Crippen molar-refractivity contribution in [3.8, 4) is 0 Å². The van der Waals surface area contributed by atoms with Gasteiger partial charge in [-0.2, -0.15) is 0 Å². The van der Waals surface area contributed by atoms with Crippen LogP contribution < -0.4 is 10.8 Å². The summed E-state index contributed by atoms with van der Waals surface area (Å²) in [4.78, 5) is 8.89. The maximum absolute atomic E-state index is 8.89. The molecule has 84 valence electrons. The largest absolute Gasteiger partial charge is 0.550 e. The number of carboxylic acid groups (broad SMARTS) is 1. The lowest BCUT2D eigenvalue weighted by molar-refractivity contribution is -0.386. The molecule has 0 aliphatic carbocycles. The Hall–Kier alpha value is -1.87. The van der Waals surface area contributed by atoms with E-state index < -0.39 is 5.97 Å². The molecular formula is C13H15NO2. The van der Waals surface area contributed by atoms with Crippen molar-refractivity contribution in [2.45, 2.75) is 13.5 Å². The summed E-state index contributed by atoms with van der Waals surface area (Å²) in [7, 11) is 0. The molecule has 0 fully saturated rings. The van der Waals surface area contributed by atoms with Crippen molar-refractivity contribution in [1.29, 1.82) is 0 Å². The van der Waals surface area contributed by atoms with Gasteiger partial charge in [0, 0.05) is 11.5 Å². The Kier molecular flexibility index (Phi) is 4.48. The molecule has 0 spiro atoms. The molecule has 0 aliphatic heterocycles. The van der Waals surface area contributed by atoms with Crippen molar-refractivity contribution in [3.63, 3.8) is 0 Å². The van der Waals surface area contributed by atoms with Gasteiger partial charge < -0.3 is 15.6 Å². The third kappa shape index (κ3) is 3.37. The lowest BCUT2D eigenvalue weighted by atomic mass is 10.1. The van der Waals surface area contributed by atoms with Crippen LogP contribution in [0.4, 0.5) is 0 Å². The van der Waals surface area contributed by atoms with Crippen LogP contribution in [0.1, 0.15) is 12.5 Å². The van der Waals surface area contributed by atoms with Crippen molar-refractivity contribution in [1.82, 2.24) is 0 Å². The number of benzene rings is 2. The number of carbonyl (C=O) groups is 1. The van der Waals surface area contributed by atoms with E-state index in [-0.39, 0.29) is 0 Å². The average molecular weight is 217 g/mol. The van der Waals surface area contributed by atoms with Crippen LogP contribution in [0.2, 0.25) is 0 Å². The summed E-state index contributed by atoms with van der Waals surface area (Å²) < 4.78 is 0. The Balaban J connectivity index is 0.000000280. The molecule has 2 aromatic carbocycles. The molecule has 2 aromatic rings. The topological polar surface area (TPSA) is 67.8 Å². The van der Waals surface area contributed by atoms with E-state index in [4.69, 9.17) is 9.90 Å². The Bertz CT molecular complexity index is 471. The molecule has 0 saturated carbocycles. The van der Waals surface area contributed by atoms with Gasteiger partial charge in [-0.15, -0.1) is 0 Å². The molecule has 0 radical (unpaired) electrons. The van der Waals surface area contributed by atoms with Gasteiger partial charge in [0.15, 0.2) is 0 Å². The zero-order valence-corrected chi connectivity index (χ0v) is 9.27. The summed E-state index contributed by atoms with van der Waals surface area (Å²) in [5.41, 5.74) is 5.23. The predicted molar refractivity (Wildman–Crippen MR) is 61.2 cm³/mol. The van der Waals surface area contributed by atoms with Gasteiger partial charge in [-0.25, -0.2) is 0 Å². The van der Waals surface area contributed by atoms with Crippen molar-refractivity contribution in [3.05, 3.63) is 48.0 Å². The molecule has 2 rings (SSSR count). The molecule has 0 saturated heterocycles. The van der Waals surface area contributed by atoms with Crippen molar-refractivity contribution in [2.24, 2.45) is 0 Å². The third-order valence-electron chi connectivity index (χ3n) is 2.15. The highest BCUT2D eigenvalue weighted by molar-refractivity contribution is 5.85. The van der Waals surface area contributed by atoms with Gasteiger partial charge in [-0.3, -0.25) is 0 Å². The van der Waals surface area contributed by atoms with Gasteiger partial charge in [0.05, 0.1) is 0 Å². The van der Waals surface area contributed by atoms with Crippen LogP contribution >= 0.6 is 0 Å². The van der Waals surface area contributed by atoms with Crippen LogP contribution in [-0.4, -0.2) is 5.97 Å². The Morgan fingerprint density at radius 2 is 1.75 bits per heavy atom. The van der Waals surface area contributed by atoms with E-state index in [0.29, 0.717) is 0 Å². The first kappa shape index (κ1) is 12.2. The van der Waals surface area contributed by atoms with Gasteiger partial charge in [0.1, 0.15) is 6.54 Å². The van der Waals surface area contributed by atoms with E-state index in [1.807, 2.05) is 0 Å². The molecule has 3 heteroatoms. The second-order valence-electron chi connectivity index (χ2n) is 3.38. The Morgan fingerprint density at radius 3 is 2.38 bits per heavy atom. The zero-order chi connectivity index (χ0) is 12.0. The Morgan fingerprint density at radius 1 is 1.19 bits per heavy atom. The maximum Gasteiger partial charge on any atom is 0.100 e. The van der Waals surface area contributed by atoms with Crippen LogP contribution in [-0.2, 0) is 11.3 Å². The summed E-state index contributed by atoms with van der Waals surface area (Å²) in [6.07, 6.45) is 0. The van der Waals surface area contributed by atoms with E-state index in [1.165, 1.54) is 16.3 Å². The molecule has 16 heavy (non-hydrogen) atoms. The number of hydrogen-bond acceptors (Lipinski definition) is 2. The van der Waals surface area contributed by atoms with E-state index in [1.54, 1.807) is 0 Å². The lowest BCUT2D eigenvalue weighted by Crippen LogP contribution is -2.47.